The molecule has 216 valence electrons. The van der Waals surface area contributed by atoms with E-state index in [0.29, 0.717) is 24.1 Å². The van der Waals surface area contributed by atoms with Crippen LogP contribution in [0.15, 0.2) is 52.9 Å². The van der Waals surface area contributed by atoms with Crippen LogP contribution in [0.2, 0.25) is 0 Å². The van der Waals surface area contributed by atoms with Crippen molar-refractivity contribution in [2.45, 2.75) is 78.1 Å². The van der Waals surface area contributed by atoms with Crippen molar-refractivity contribution in [1.82, 2.24) is 15.6 Å². The van der Waals surface area contributed by atoms with Crippen molar-refractivity contribution in [1.29, 1.82) is 0 Å². The zero-order valence-corrected chi connectivity index (χ0v) is 23.4. The van der Waals surface area contributed by atoms with Gasteiger partial charge in [-0.05, 0) is 77.8 Å². The van der Waals surface area contributed by atoms with E-state index in [1.54, 1.807) is 26.8 Å². The van der Waals surface area contributed by atoms with Gasteiger partial charge in [0.1, 0.15) is 5.60 Å². The second kappa shape index (κ2) is 13.0. The fourth-order valence-corrected chi connectivity index (χ4v) is 4.00. The third-order valence-electron chi connectivity index (χ3n) is 5.94. The van der Waals surface area contributed by atoms with Gasteiger partial charge in [-0.1, -0.05) is 36.6 Å². The molecule has 0 aliphatic rings. The Balaban J connectivity index is 1.64. The molecule has 10 heteroatoms. The van der Waals surface area contributed by atoms with E-state index in [0.717, 1.165) is 37.0 Å². The summed E-state index contributed by atoms with van der Waals surface area (Å²) in [6.45, 7) is 9.71. The molecule has 1 unspecified atom stereocenters. The third kappa shape index (κ3) is 9.14. The molecule has 7 nitrogen and oxygen atoms in total. The minimum Gasteiger partial charge on any atom is -0.444 e. The van der Waals surface area contributed by atoms with Crippen LogP contribution in [0.5, 0.6) is 0 Å². The molecule has 3 aromatic rings. The van der Waals surface area contributed by atoms with Gasteiger partial charge in [-0.15, -0.1) is 0 Å². The van der Waals surface area contributed by atoms with Gasteiger partial charge in [0.25, 0.3) is 5.91 Å². The summed E-state index contributed by atoms with van der Waals surface area (Å²) in [5, 5.41) is 5.68. The first-order valence-electron chi connectivity index (χ1n) is 13.3. The van der Waals surface area contributed by atoms with Gasteiger partial charge in [0.15, 0.2) is 11.5 Å². The second-order valence-electron chi connectivity index (χ2n) is 10.8. The third-order valence-corrected chi connectivity index (χ3v) is 5.94. The number of alkyl carbamates (subject to hydrolysis) is 1. The number of alkyl halides is 3. The van der Waals surface area contributed by atoms with Crippen molar-refractivity contribution in [3.63, 3.8) is 0 Å². The van der Waals surface area contributed by atoms with Gasteiger partial charge in [0.2, 0.25) is 5.89 Å². The zero-order chi connectivity index (χ0) is 29.5. The number of halogens is 3. The number of nitrogens with one attached hydrogen (secondary N) is 2. The van der Waals surface area contributed by atoms with E-state index in [-0.39, 0.29) is 23.4 Å². The van der Waals surface area contributed by atoms with Crippen molar-refractivity contribution in [2.24, 2.45) is 0 Å². The molecule has 3 rings (SSSR count). The Bertz CT molecular complexity index is 1290. The fourth-order valence-electron chi connectivity index (χ4n) is 4.00. The lowest BCUT2D eigenvalue weighted by Crippen LogP contribution is -2.33. The number of rotatable bonds is 10. The number of oxazole rings is 1. The quantitative estimate of drug-likeness (QED) is 0.250. The van der Waals surface area contributed by atoms with Crippen molar-refractivity contribution < 1.29 is 31.9 Å². The van der Waals surface area contributed by atoms with E-state index in [9.17, 15) is 22.8 Å². The summed E-state index contributed by atoms with van der Waals surface area (Å²) in [6.07, 6.45) is -1.73. The maximum Gasteiger partial charge on any atom is 0.416 e. The average Bonchev–Trinajstić information content (AvgIpc) is 3.30. The minimum absolute atomic E-state index is 0.0560. The predicted octanol–water partition coefficient (Wildman–Crippen LogP) is 7.54. The molecule has 0 aliphatic carbocycles. The van der Waals surface area contributed by atoms with Crippen LogP contribution >= 0.6 is 0 Å². The Morgan fingerprint density at radius 3 is 2.33 bits per heavy atom. The van der Waals surface area contributed by atoms with Crippen molar-refractivity contribution in [3.05, 3.63) is 65.4 Å². The van der Waals surface area contributed by atoms with Gasteiger partial charge in [0, 0.05) is 23.7 Å². The Labute approximate surface area is 232 Å². The predicted molar refractivity (Wildman–Crippen MR) is 147 cm³/mol. The first-order chi connectivity index (χ1) is 18.7. The molecule has 2 N–H and O–H groups in total. The van der Waals surface area contributed by atoms with Gasteiger partial charge in [0.05, 0.1) is 5.56 Å². The van der Waals surface area contributed by atoms with Crippen LogP contribution in [-0.4, -0.2) is 35.2 Å². The largest absolute Gasteiger partial charge is 0.444 e. The molecule has 1 heterocycles. The highest BCUT2D eigenvalue weighted by molar-refractivity contribution is 5.98. The molecule has 2 amide bonds. The van der Waals surface area contributed by atoms with Gasteiger partial charge in [-0.3, -0.25) is 4.79 Å². The van der Waals surface area contributed by atoms with E-state index in [1.807, 2.05) is 32.0 Å². The monoisotopic (exact) mass is 559 g/mol. The number of unbranched alkanes of at least 4 members (excludes halogenated alkanes) is 2. The van der Waals surface area contributed by atoms with Crippen LogP contribution in [0, 0.1) is 6.92 Å². The van der Waals surface area contributed by atoms with Gasteiger partial charge >= 0.3 is 12.3 Å². The molecule has 0 aliphatic heterocycles. The van der Waals surface area contributed by atoms with Crippen molar-refractivity contribution in [2.75, 3.05) is 6.54 Å². The number of carbonyl (C=O) groups is 2. The first kappa shape index (κ1) is 30.7. The maximum absolute atomic E-state index is 13.2. The van der Waals surface area contributed by atoms with E-state index < -0.39 is 29.3 Å². The molecule has 0 bridgehead atoms. The molecule has 40 heavy (non-hydrogen) atoms. The van der Waals surface area contributed by atoms with Crippen LogP contribution in [0.25, 0.3) is 22.8 Å². The molecule has 0 saturated carbocycles. The summed E-state index contributed by atoms with van der Waals surface area (Å²) in [7, 11) is 0. The summed E-state index contributed by atoms with van der Waals surface area (Å²) in [6, 6.07) is 11.7. The summed E-state index contributed by atoms with van der Waals surface area (Å²) in [5.41, 5.74) is 0.656. The minimum atomic E-state index is -4.46. The summed E-state index contributed by atoms with van der Waals surface area (Å²) >= 11 is 0. The number of amides is 2. The van der Waals surface area contributed by atoms with E-state index >= 15 is 0 Å². The number of nitrogens with zero attached hydrogens (tertiary/aromatic N) is 1. The number of ether oxygens (including phenoxy) is 1. The van der Waals surface area contributed by atoms with Crippen LogP contribution in [0.4, 0.5) is 18.0 Å². The molecule has 2 aromatic carbocycles. The fraction of sp³-hybridized carbons (Fsp3) is 0.433. The average molecular weight is 560 g/mol. The Kier molecular flexibility index (Phi) is 10.0. The number of aromatic nitrogens is 1. The number of carbonyl (C=O) groups excluding carboxylic acids is 2. The van der Waals surface area contributed by atoms with Crippen LogP contribution in [0.3, 0.4) is 0 Å². The Morgan fingerprint density at radius 2 is 1.70 bits per heavy atom. The normalized spacial score (nSPS) is 12.6. The molecule has 0 saturated heterocycles. The van der Waals surface area contributed by atoms with E-state index in [2.05, 4.69) is 15.6 Å². The molecule has 0 fully saturated rings. The summed E-state index contributed by atoms with van der Waals surface area (Å²) < 4.78 is 50.2. The molecule has 1 atom stereocenters. The molecule has 0 spiro atoms. The highest BCUT2D eigenvalue weighted by Crippen LogP contribution is 2.33. The van der Waals surface area contributed by atoms with Crippen LogP contribution in [0.1, 0.15) is 75.0 Å². The van der Waals surface area contributed by atoms with Gasteiger partial charge < -0.3 is 19.8 Å². The topological polar surface area (TPSA) is 93.5 Å². The standard InChI is InChI=1S/C30H36F3N3O4/c1-19-10-9-12-22(18-19)25-24(36-27(39-25)21-13-15-23(16-14-21)30(31,32)33)26(37)35-20(2)11-7-6-8-17-34-28(38)40-29(3,4)5/h9-10,12-16,18,20H,6-8,11,17H2,1-5H3,(H,34,38)(H,35,37). The number of hydrogen-bond donors (Lipinski definition) is 2. The lowest BCUT2D eigenvalue weighted by molar-refractivity contribution is -0.137. The highest BCUT2D eigenvalue weighted by Gasteiger charge is 2.30. The zero-order valence-electron chi connectivity index (χ0n) is 23.4. The molecular formula is C30H36F3N3O4. The second-order valence-corrected chi connectivity index (χ2v) is 10.8. The Morgan fingerprint density at radius 1 is 1.00 bits per heavy atom. The maximum atomic E-state index is 13.2. The summed E-state index contributed by atoms with van der Waals surface area (Å²) in [4.78, 5) is 29.3. The number of aryl methyl sites for hydroxylation is 1. The Hall–Kier alpha value is -3.82. The summed E-state index contributed by atoms with van der Waals surface area (Å²) in [5.74, 6) is -0.130. The highest BCUT2D eigenvalue weighted by atomic mass is 19.4. The first-order valence-corrected chi connectivity index (χ1v) is 13.3. The molecule has 0 radical (unpaired) electrons. The smallest absolute Gasteiger partial charge is 0.416 e. The van der Waals surface area contributed by atoms with E-state index in [4.69, 9.17) is 9.15 Å². The van der Waals surface area contributed by atoms with Crippen LogP contribution < -0.4 is 10.6 Å². The van der Waals surface area contributed by atoms with Gasteiger partial charge in [-0.2, -0.15) is 13.2 Å². The molecule has 1 aromatic heterocycles. The van der Waals surface area contributed by atoms with E-state index in [1.165, 1.54) is 12.1 Å². The van der Waals surface area contributed by atoms with Crippen LogP contribution in [-0.2, 0) is 10.9 Å². The SMILES string of the molecule is Cc1cccc(-c2oc(-c3ccc(C(F)(F)F)cc3)nc2C(=O)NC(C)CCCCCNC(=O)OC(C)(C)C)c1. The van der Waals surface area contributed by atoms with Crippen molar-refractivity contribution in [3.8, 4) is 22.8 Å². The lowest BCUT2D eigenvalue weighted by atomic mass is 10.1. The molecular weight excluding hydrogens is 523 g/mol. The number of hydrogen-bond acceptors (Lipinski definition) is 5. The van der Waals surface area contributed by atoms with Gasteiger partial charge in [-0.25, -0.2) is 9.78 Å². The number of benzene rings is 2. The van der Waals surface area contributed by atoms with Crippen molar-refractivity contribution >= 4 is 12.0 Å². The lowest BCUT2D eigenvalue weighted by Gasteiger charge is -2.19.